The summed E-state index contributed by atoms with van der Waals surface area (Å²) in [5, 5.41) is 0.508. The van der Waals surface area contributed by atoms with Crippen LogP contribution in [0, 0.1) is 6.92 Å². The van der Waals surface area contributed by atoms with Crippen LogP contribution in [0.15, 0.2) is 36.8 Å². The lowest BCUT2D eigenvalue weighted by molar-refractivity contribution is 0.465. The van der Waals surface area contributed by atoms with Gasteiger partial charge in [-0.25, -0.2) is 10.8 Å². The molecule has 0 saturated heterocycles. The third-order valence-electron chi connectivity index (χ3n) is 2.78. The molecule has 0 saturated carbocycles. The SMILES string of the molecule is Cc1ccc(Cl)c(Oc2nc(NN)cn3ccnc23)c1. The highest BCUT2D eigenvalue weighted by Crippen LogP contribution is 2.31. The van der Waals surface area contributed by atoms with E-state index in [1.807, 2.05) is 19.1 Å². The van der Waals surface area contributed by atoms with Gasteiger partial charge in [0.1, 0.15) is 5.75 Å². The number of rotatable bonds is 3. The monoisotopic (exact) mass is 289 g/mol. The number of benzene rings is 1. The van der Waals surface area contributed by atoms with Gasteiger partial charge in [0, 0.05) is 12.4 Å². The molecule has 3 aromatic rings. The maximum absolute atomic E-state index is 6.12. The summed E-state index contributed by atoms with van der Waals surface area (Å²) in [6.07, 6.45) is 5.15. The van der Waals surface area contributed by atoms with Gasteiger partial charge >= 0.3 is 0 Å². The van der Waals surface area contributed by atoms with Gasteiger partial charge in [0.25, 0.3) is 5.88 Å². The number of hydrogen-bond donors (Lipinski definition) is 2. The van der Waals surface area contributed by atoms with E-state index in [0.717, 1.165) is 5.56 Å². The molecule has 0 atom stereocenters. The van der Waals surface area contributed by atoms with Gasteiger partial charge in [-0.05, 0) is 24.6 Å². The summed E-state index contributed by atoms with van der Waals surface area (Å²) in [6, 6.07) is 5.53. The number of nitrogens with one attached hydrogen (secondary N) is 1. The van der Waals surface area contributed by atoms with Crippen LogP contribution in [-0.2, 0) is 0 Å². The number of aryl methyl sites for hydroxylation is 1. The number of hydrazine groups is 1. The van der Waals surface area contributed by atoms with Crippen molar-refractivity contribution in [1.82, 2.24) is 14.4 Å². The first-order valence-electron chi connectivity index (χ1n) is 5.91. The molecule has 0 aliphatic rings. The molecular formula is C13H12ClN5O. The largest absolute Gasteiger partial charge is 0.434 e. The predicted molar refractivity (Wildman–Crippen MR) is 77.1 cm³/mol. The Hall–Kier alpha value is -2.31. The summed E-state index contributed by atoms with van der Waals surface area (Å²) in [7, 11) is 0. The highest BCUT2D eigenvalue weighted by atomic mass is 35.5. The molecule has 6 nitrogen and oxygen atoms in total. The molecule has 0 unspecified atom stereocenters. The Morgan fingerprint density at radius 3 is 3.05 bits per heavy atom. The predicted octanol–water partition coefficient (Wildman–Crippen LogP) is 2.77. The second kappa shape index (κ2) is 4.99. The molecular weight excluding hydrogens is 278 g/mol. The topological polar surface area (TPSA) is 77.5 Å². The number of aromatic nitrogens is 3. The summed E-state index contributed by atoms with van der Waals surface area (Å²) >= 11 is 6.12. The van der Waals surface area contributed by atoms with E-state index in [4.69, 9.17) is 22.2 Å². The standard InChI is InChI=1S/C13H12ClN5O/c1-8-2-3-9(14)10(6-8)20-13-12-16-4-5-19(12)7-11(17-13)18-15/h2-7,18H,15H2,1H3. The maximum Gasteiger partial charge on any atom is 0.265 e. The molecule has 3 rings (SSSR count). The molecule has 2 aromatic heterocycles. The molecule has 0 aliphatic heterocycles. The fourth-order valence-electron chi connectivity index (χ4n) is 1.83. The quantitative estimate of drug-likeness (QED) is 0.573. The number of nitrogens with two attached hydrogens (primary N) is 1. The van der Waals surface area contributed by atoms with Crippen molar-refractivity contribution in [3.8, 4) is 11.6 Å². The molecule has 0 spiro atoms. The van der Waals surface area contributed by atoms with Crippen LogP contribution < -0.4 is 16.0 Å². The third kappa shape index (κ3) is 2.26. The zero-order valence-corrected chi connectivity index (χ0v) is 11.4. The first-order valence-corrected chi connectivity index (χ1v) is 6.29. The van der Waals surface area contributed by atoms with Crippen molar-refractivity contribution in [3.05, 3.63) is 47.4 Å². The van der Waals surface area contributed by atoms with Crippen molar-refractivity contribution in [1.29, 1.82) is 0 Å². The Balaban J connectivity index is 2.09. The minimum Gasteiger partial charge on any atom is -0.434 e. The number of fused-ring (bicyclic) bond motifs is 1. The molecule has 1 aromatic carbocycles. The van der Waals surface area contributed by atoms with E-state index >= 15 is 0 Å². The summed E-state index contributed by atoms with van der Waals surface area (Å²) in [6.45, 7) is 1.96. The molecule has 3 N–H and O–H groups in total. The lowest BCUT2D eigenvalue weighted by atomic mass is 10.2. The second-order valence-corrected chi connectivity index (χ2v) is 4.68. The van der Waals surface area contributed by atoms with Crippen LogP contribution in [0.1, 0.15) is 5.56 Å². The van der Waals surface area contributed by atoms with Gasteiger partial charge in [0.15, 0.2) is 5.82 Å². The van der Waals surface area contributed by atoms with Crippen LogP contribution in [0.5, 0.6) is 11.6 Å². The van der Waals surface area contributed by atoms with Crippen molar-refractivity contribution < 1.29 is 4.74 Å². The van der Waals surface area contributed by atoms with E-state index < -0.39 is 0 Å². The van der Waals surface area contributed by atoms with E-state index in [1.165, 1.54) is 0 Å². The van der Waals surface area contributed by atoms with E-state index in [2.05, 4.69) is 15.4 Å². The summed E-state index contributed by atoms with van der Waals surface area (Å²) < 4.78 is 7.55. The molecule has 102 valence electrons. The average molecular weight is 290 g/mol. The number of anilines is 1. The zero-order valence-electron chi connectivity index (χ0n) is 10.7. The van der Waals surface area contributed by atoms with Gasteiger partial charge in [-0.1, -0.05) is 17.7 Å². The van der Waals surface area contributed by atoms with Crippen LogP contribution >= 0.6 is 11.6 Å². The molecule has 0 fully saturated rings. The average Bonchev–Trinajstić information content (AvgIpc) is 2.91. The van der Waals surface area contributed by atoms with Gasteiger partial charge in [-0.15, -0.1) is 0 Å². The van der Waals surface area contributed by atoms with Crippen LogP contribution in [0.25, 0.3) is 5.65 Å². The lowest BCUT2D eigenvalue weighted by Crippen LogP contribution is -2.10. The molecule has 20 heavy (non-hydrogen) atoms. The number of hydrogen-bond acceptors (Lipinski definition) is 5. The Bertz CT molecular complexity index is 771. The van der Waals surface area contributed by atoms with Gasteiger partial charge in [0.2, 0.25) is 5.65 Å². The minimum absolute atomic E-state index is 0.331. The smallest absolute Gasteiger partial charge is 0.265 e. The molecule has 0 radical (unpaired) electrons. The summed E-state index contributed by atoms with van der Waals surface area (Å²) in [5.41, 5.74) is 4.11. The van der Waals surface area contributed by atoms with Crippen molar-refractivity contribution in [3.63, 3.8) is 0 Å². The Morgan fingerprint density at radius 2 is 2.25 bits per heavy atom. The van der Waals surface area contributed by atoms with Crippen molar-refractivity contribution in [2.75, 3.05) is 5.43 Å². The fourth-order valence-corrected chi connectivity index (χ4v) is 1.99. The number of ether oxygens (including phenoxy) is 1. The highest BCUT2D eigenvalue weighted by Gasteiger charge is 2.11. The molecule has 0 bridgehead atoms. The van der Waals surface area contributed by atoms with E-state index in [-0.39, 0.29) is 0 Å². The van der Waals surface area contributed by atoms with Crippen LogP contribution in [0.4, 0.5) is 5.82 Å². The van der Waals surface area contributed by atoms with E-state index in [9.17, 15) is 0 Å². The molecule has 0 aliphatic carbocycles. The number of nitrogen functional groups attached to an aromatic ring is 1. The van der Waals surface area contributed by atoms with Gasteiger partial charge < -0.3 is 10.2 Å². The van der Waals surface area contributed by atoms with Gasteiger partial charge in [0.05, 0.1) is 11.2 Å². The fraction of sp³-hybridized carbons (Fsp3) is 0.0769. The van der Waals surface area contributed by atoms with E-state index in [0.29, 0.717) is 28.1 Å². The number of halogens is 1. The third-order valence-corrected chi connectivity index (χ3v) is 3.10. The lowest BCUT2D eigenvalue weighted by Gasteiger charge is -2.10. The molecule has 7 heteroatoms. The first kappa shape index (κ1) is 12.7. The van der Waals surface area contributed by atoms with E-state index in [1.54, 1.807) is 29.1 Å². The van der Waals surface area contributed by atoms with Crippen molar-refractivity contribution in [2.45, 2.75) is 6.92 Å². The van der Waals surface area contributed by atoms with Crippen LogP contribution in [0.2, 0.25) is 5.02 Å². The number of imidazole rings is 1. The number of nitrogens with zero attached hydrogens (tertiary/aromatic N) is 3. The summed E-state index contributed by atoms with van der Waals surface area (Å²) in [5.74, 6) is 6.72. The first-order chi connectivity index (χ1) is 9.67. The molecule has 2 heterocycles. The maximum atomic E-state index is 6.12. The van der Waals surface area contributed by atoms with Crippen molar-refractivity contribution in [2.24, 2.45) is 5.84 Å². The van der Waals surface area contributed by atoms with Crippen LogP contribution in [-0.4, -0.2) is 14.4 Å². The Kier molecular flexibility index (Phi) is 3.17. The van der Waals surface area contributed by atoms with Crippen molar-refractivity contribution >= 4 is 23.1 Å². The zero-order chi connectivity index (χ0) is 14.1. The minimum atomic E-state index is 0.331. The van der Waals surface area contributed by atoms with Gasteiger partial charge in [-0.2, -0.15) is 4.98 Å². The normalized spacial score (nSPS) is 10.8. The summed E-state index contributed by atoms with van der Waals surface area (Å²) in [4.78, 5) is 8.46. The van der Waals surface area contributed by atoms with Crippen LogP contribution in [0.3, 0.4) is 0 Å². The highest BCUT2D eigenvalue weighted by molar-refractivity contribution is 6.32. The molecule has 0 amide bonds. The second-order valence-electron chi connectivity index (χ2n) is 4.27. The Morgan fingerprint density at radius 1 is 1.40 bits per heavy atom. The Labute approximate surface area is 120 Å². The van der Waals surface area contributed by atoms with Gasteiger partial charge in [-0.3, -0.25) is 4.40 Å².